The molecule has 1 aliphatic carbocycles. The average molecular weight is 331 g/mol. The lowest BCUT2D eigenvalue weighted by Crippen LogP contribution is -2.41. The molecule has 0 aliphatic heterocycles. The summed E-state index contributed by atoms with van der Waals surface area (Å²) in [4.78, 5) is 0.166. The molecular formula is C15H23ClN2O2S. The molecule has 2 N–H and O–H groups in total. The predicted octanol–water partition coefficient (Wildman–Crippen LogP) is 2.92. The van der Waals surface area contributed by atoms with Crippen LogP contribution in [0.2, 0.25) is 5.02 Å². The molecule has 2 rings (SSSR count). The highest BCUT2D eigenvalue weighted by atomic mass is 35.5. The van der Waals surface area contributed by atoms with Crippen LogP contribution >= 0.6 is 11.6 Å². The largest absolute Gasteiger partial charge is 0.316 e. The minimum Gasteiger partial charge on any atom is -0.316 e. The molecule has 0 saturated heterocycles. The van der Waals surface area contributed by atoms with Crippen LogP contribution in [0.25, 0.3) is 0 Å². The Kier molecular flexibility index (Phi) is 4.98. The van der Waals surface area contributed by atoms with Crippen molar-refractivity contribution in [2.75, 3.05) is 7.05 Å². The molecule has 1 aliphatic rings. The zero-order valence-corrected chi connectivity index (χ0v) is 14.3. The normalized spacial score (nSPS) is 21.6. The van der Waals surface area contributed by atoms with Crippen LogP contribution in [-0.2, 0) is 16.6 Å². The molecule has 0 aromatic heterocycles. The van der Waals surface area contributed by atoms with E-state index in [9.17, 15) is 8.42 Å². The van der Waals surface area contributed by atoms with Gasteiger partial charge in [-0.1, -0.05) is 37.9 Å². The first-order chi connectivity index (χ1) is 9.76. The summed E-state index contributed by atoms with van der Waals surface area (Å²) in [7, 11) is -1.77. The smallest absolute Gasteiger partial charge is 0.242 e. The Labute approximate surface area is 132 Å². The van der Waals surface area contributed by atoms with Crippen molar-refractivity contribution >= 4 is 21.6 Å². The van der Waals surface area contributed by atoms with Gasteiger partial charge in [-0.25, -0.2) is 13.1 Å². The molecule has 21 heavy (non-hydrogen) atoms. The van der Waals surface area contributed by atoms with E-state index in [0.717, 1.165) is 24.8 Å². The van der Waals surface area contributed by atoms with Gasteiger partial charge in [-0.2, -0.15) is 0 Å². The summed E-state index contributed by atoms with van der Waals surface area (Å²) < 4.78 is 28.1. The van der Waals surface area contributed by atoms with Crippen LogP contribution < -0.4 is 10.0 Å². The SMILES string of the molecule is CNCc1ccc(Cl)c(S(=O)(=O)NC2CCCC2(C)C)c1. The lowest BCUT2D eigenvalue weighted by atomic mass is 9.88. The Hall–Kier alpha value is -0.620. The third-order valence-corrected chi connectivity index (χ3v) is 6.17. The Morgan fingerprint density at radius 3 is 2.67 bits per heavy atom. The number of nitrogens with one attached hydrogen (secondary N) is 2. The minimum atomic E-state index is -3.60. The van der Waals surface area contributed by atoms with Crippen molar-refractivity contribution in [2.45, 2.75) is 50.6 Å². The molecule has 0 radical (unpaired) electrons. The number of hydrogen-bond donors (Lipinski definition) is 2. The molecule has 0 amide bonds. The number of halogens is 1. The van der Waals surface area contributed by atoms with Crippen LogP contribution in [0.4, 0.5) is 0 Å². The number of sulfonamides is 1. The predicted molar refractivity (Wildman–Crippen MR) is 86.0 cm³/mol. The van der Waals surface area contributed by atoms with E-state index in [1.165, 1.54) is 0 Å². The number of hydrogen-bond acceptors (Lipinski definition) is 3. The molecule has 1 unspecified atom stereocenters. The molecule has 1 atom stereocenters. The van der Waals surface area contributed by atoms with Crippen molar-refractivity contribution in [2.24, 2.45) is 5.41 Å². The van der Waals surface area contributed by atoms with Gasteiger partial charge in [0.25, 0.3) is 0 Å². The molecule has 1 fully saturated rings. The fourth-order valence-corrected chi connectivity index (χ4v) is 4.86. The van der Waals surface area contributed by atoms with E-state index in [4.69, 9.17) is 11.6 Å². The quantitative estimate of drug-likeness (QED) is 0.872. The lowest BCUT2D eigenvalue weighted by molar-refractivity contribution is 0.313. The van der Waals surface area contributed by atoms with Gasteiger partial charge in [-0.05, 0) is 43.0 Å². The number of benzene rings is 1. The van der Waals surface area contributed by atoms with Crippen molar-refractivity contribution in [3.8, 4) is 0 Å². The first-order valence-electron chi connectivity index (χ1n) is 7.21. The van der Waals surface area contributed by atoms with Crippen molar-refractivity contribution in [3.05, 3.63) is 28.8 Å². The van der Waals surface area contributed by atoms with Crippen LogP contribution in [0, 0.1) is 5.41 Å². The Bertz CT molecular complexity index is 614. The zero-order chi connectivity index (χ0) is 15.7. The highest BCUT2D eigenvalue weighted by molar-refractivity contribution is 7.89. The number of rotatable bonds is 5. The van der Waals surface area contributed by atoms with Gasteiger partial charge in [-0.3, -0.25) is 0 Å². The van der Waals surface area contributed by atoms with Gasteiger partial charge in [0.2, 0.25) is 10.0 Å². The average Bonchev–Trinajstić information content (AvgIpc) is 2.71. The second-order valence-electron chi connectivity index (χ2n) is 6.35. The third-order valence-electron chi connectivity index (χ3n) is 4.22. The van der Waals surface area contributed by atoms with E-state index in [1.54, 1.807) is 12.1 Å². The molecule has 6 heteroatoms. The molecule has 4 nitrogen and oxygen atoms in total. The third kappa shape index (κ3) is 3.77. The highest BCUT2D eigenvalue weighted by Gasteiger charge is 2.37. The molecule has 1 aromatic carbocycles. The van der Waals surface area contributed by atoms with E-state index in [2.05, 4.69) is 23.9 Å². The summed E-state index contributed by atoms with van der Waals surface area (Å²) in [6.07, 6.45) is 2.96. The van der Waals surface area contributed by atoms with Gasteiger partial charge in [0.05, 0.1) is 5.02 Å². The molecule has 0 spiro atoms. The summed E-state index contributed by atoms with van der Waals surface area (Å²) in [5.41, 5.74) is 0.884. The van der Waals surface area contributed by atoms with E-state index in [1.807, 2.05) is 13.1 Å². The highest BCUT2D eigenvalue weighted by Crippen LogP contribution is 2.38. The van der Waals surface area contributed by atoms with Gasteiger partial charge in [0.15, 0.2) is 0 Å². The van der Waals surface area contributed by atoms with Gasteiger partial charge >= 0.3 is 0 Å². The maximum Gasteiger partial charge on any atom is 0.242 e. The molecule has 1 aromatic rings. The van der Waals surface area contributed by atoms with E-state index >= 15 is 0 Å². The summed E-state index contributed by atoms with van der Waals surface area (Å²) in [5, 5.41) is 3.27. The topological polar surface area (TPSA) is 58.2 Å². The van der Waals surface area contributed by atoms with Crippen molar-refractivity contribution in [1.29, 1.82) is 0 Å². The van der Waals surface area contributed by atoms with E-state index < -0.39 is 10.0 Å². The van der Waals surface area contributed by atoms with E-state index in [0.29, 0.717) is 6.54 Å². The van der Waals surface area contributed by atoms with Gasteiger partial charge < -0.3 is 5.32 Å². The maximum atomic E-state index is 12.6. The van der Waals surface area contributed by atoms with E-state index in [-0.39, 0.29) is 21.4 Å². The van der Waals surface area contributed by atoms with Crippen LogP contribution in [0.15, 0.2) is 23.1 Å². The standard InChI is InChI=1S/C15H23ClN2O2S/c1-15(2)8-4-5-14(15)18-21(19,20)13-9-11(10-17-3)6-7-12(13)16/h6-7,9,14,17-18H,4-5,8,10H2,1-3H3. The van der Waals surface area contributed by atoms with Gasteiger partial charge in [0, 0.05) is 12.6 Å². The Balaban J connectivity index is 2.29. The monoisotopic (exact) mass is 330 g/mol. The lowest BCUT2D eigenvalue weighted by Gasteiger charge is -2.27. The van der Waals surface area contributed by atoms with Crippen LogP contribution in [0.3, 0.4) is 0 Å². The van der Waals surface area contributed by atoms with Crippen molar-refractivity contribution in [1.82, 2.24) is 10.0 Å². The first kappa shape index (κ1) is 16.7. The Morgan fingerprint density at radius 2 is 2.10 bits per heavy atom. The summed E-state index contributed by atoms with van der Waals surface area (Å²) in [6, 6.07) is 5.08. The summed E-state index contributed by atoms with van der Waals surface area (Å²) in [6.45, 7) is 4.81. The molecule has 118 valence electrons. The summed E-state index contributed by atoms with van der Waals surface area (Å²) in [5.74, 6) is 0. The molecular weight excluding hydrogens is 308 g/mol. The molecule has 0 heterocycles. The maximum absolute atomic E-state index is 12.6. The fraction of sp³-hybridized carbons (Fsp3) is 0.600. The second kappa shape index (κ2) is 6.24. The minimum absolute atomic E-state index is 0.0118. The van der Waals surface area contributed by atoms with Gasteiger partial charge in [-0.15, -0.1) is 0 Å². The second-order valence-corrected chi connectivity index (χ2v) is 8.44. The molecule has 0 bridgehead atoms. The zero-order valence-electron chi connectivity index (χ0n) is 12.7. The fourth-order valence-electron chi connectivity index (χ4n) is 2.86. The van der Waals surface area contributed by atoms with Crippen molar-refractivity contribution < 1.29 is 8.42 Å². The van der Waals surface area contributed by atoms with Crippen LogP contribution in [0.5, 0.6) is 0 Å². The van der Waals surface area contributed by atoms with Crippen molar-refractivity contribution in [3.63, 3.8) is 0 Å². The van der Waals surface area contributed by atoms with Crippen LogP contribution in [-0.4, -0.2) is 21.5 Å². The summed E-state index contributed by atoms with van der Waals surface area (Å²) >= 11 is 6.10. The van der Waals surface area contributed by atoms with Gasteiger partial charge in [0.1, 0.15) is 4.90 Å². The first-order valence-corrected chi connectivity index (χ1v) is 9.08. The Morgan fingerprint density at radius 1 is 1.38 bits per heavy atom. The van der Waals surface area contributed by atoms with Crippen LogP contribution in [0.1, 0.15) is 38.7 Å². The molecule has 1 saturated carbocycles.